The van der Waals surface area contributed by atoms with Gasteiger partial charge in [0.1, 0.15) is 12.4 Å². The van der Waals surface area contributed by atoms with Crippen LogP contribution in [0.25, 0.3) is 0 Å². The molecule has 0 bridgehead atoms. The average molecular weight is 342 g/mol. The van der Waals surface area contributed by atoms with Gasteiger partial charge in [-0.05, 0) is 59.6 Å². The van der Waals surface area contributed by atoms with Crippen molar-refractivity contribution in [3.8, 4) is 5.75 Å². The Hall–Kier alpha value is -0.910. The Bertz CT molecular complexity index is 458. The number of rotatable bonds is 6. The topological polar surface area (TPSA) is 47.6 Å². The first-order chi connectivity index (χ1) is 9.69. The fraction of sp³-hybridized carbons (Fsp3) is 0.533. The maximum absolute atomic E-state index is 11.9. The molecule has 1 aliphatic rings. The molecule has 0 amide bonds. The van der Waals surface area contributed by atoms with Crippen LogP contribution in [0.1, 0.15) is 18.4 Å². The Labute approximate surface area is 128 Å². The van der Waals surface area contributed by atoms with Gasteiger partial charge in [-0.25, -0.2) is 0 Å². The van der Waals surface area contributed by atoms with Gasteiger partial charge in [-0.3, -0.25) is 4.79 Å². The minimum absolute atomic E-state index is 0.112. The quantitative estimate of drug-likeness (QED) is 0.862. The molecule has 0 atom stereocenters. The van der Waals surface area contributed by atoms with E-state index in [1.807, 2.05) is 18.2 Å². The molecule has 110 valence electrons. The summed E-state index contributed by atoms with van der Waals surface area (Å²) in [6.45, 7) is 2.16. The second-order valence-electron chi connectivity index (χ2n) is 4.94. The fourth-order valence-corrected chi connectivity index (χ4v) is 2.86. The van der Waals surface area contributed by atoms with E-state index in [1.54, 1.807) is 7.11 Å². The number of halogens is 1. The molecule has 1 aromatic rings. The number of benzene rings is 1. The Balaban J connectivity index is 1.80. The first-order valence-electron chi connectivity index (χ1n) is 6.85. The molecule has 0 radical (unpaired) electrons. The molecule has 1 fully saturated rings. The standard InChI is InChI=1S/C15H20BrNO3/c1-19-15-3-2-11(9-14(15)16)8-12(18)10-20-13-4-6-17-7-5-13/h2-3,9,13,17H,4-8,10H2,1H3. The highest BCUT2D eigenvalue weighted by Crippen LogP contribution is 2.25. The van der Waals surface area contributed by atoms with Crippen molar-refractivity contribution in [2.24, 2.45) is 0 Å². The molecular weight excluding hydrogens is 322 g/mol. The zero-order chi connectivity index (χ0) is 14.4. The molecular formula is C15H20BrNO3. The molecule has 0 unspecified atom stereocenters. The van der Waals surface area contributed by atoms with Crippen LogP contribution in [-0.4, -0.2) is 38.7 Å². The van der Waals surface area contributed by atoms with Crippen LogP contribution >= 0.6 is 15.9 Å². The van der Waals surface area contributed by atoms with Crippen LogP contribution in [-0.2, 0) is 16.0 Å². The van der Waals surface area contributed by atoms with Gasteiger partial charge >= 0.3 is 0 Å². The highest BCUT2D eigenvalue weighted by Gasteiger charge is 2.15. The number of carbonyl (C=O) groups excluding carboxylic acids is 1. The van der Waals surface area contributed by atoms with Crippen LogP contribution in [0, 0.1) is 0 Å². The van der Waals surface area contributed by atoms with Crippen LogP contribution in [0.15, 0.2) is 22.7 Å². The predicted octanol–water partition coefficient (Wildman–Crippen LogP) is 2.34. The number of ether oxygens (including phenoxy) is 2. The lowest BCUT2D eigenvalue weighted by Gasteiger charge is -2.22. The van der Waals surface area contributed by atoms with Crippen molar-refractivity contribution in [3.05, 3.63) is 28.2 Å². The van der Waals surface area contributed by atoms with Gasteiger partial charge in [0.15, 0.2) is 5.78 Å². The van der Waals surface area contributed by atoms with Crippen molar-refractivity contribution < 1.29 is 14.3 Å². The van der Waals surface area contributed by atoms with Crippen LogP contribution < -0.4 is 10.1 Å². The fourth-order valence-electron chi connectivity index (χ4n) is 2.27. The number of ketones is 1. The van der Waals surface area contributed by atoms with E-state index >= 15 is 0 Å². The van der Waals surface area contributed by atoms with Gasteiger partial charge in [0, 0.05) is 6.42 Å². The molecule has 0 saturated carbocycles. The second-order valence-corrected chi connectivity index (χ2v) is 5.80. The van der Waals surface area contributed by atoms with Crippen LogP contribution in [0.3, 0.4) is 0 Å². The van der Waals surface area contributed by atoms with E-state index in [-0.39, 0.29) is 18.5 Å². The van der Waals surface area contributed by atoms with Gasteiger partial charge in [-0.15, -0.1) is 0 Å². The number of methoxy groups -OCH3 is 1. The summed E-state index contributed by atoms with van der Waals surface area (Å²) in [5, 5.41) is 3.28. The molecule has 1 saturated heterocycles. The van der Waals surface area contributed by atoms with E-state index in [9.17, 15) is 4.79 Å². The zero-order valence-electron chi connectivity index (χ0n) is 11.7. The van der Waals surface area contributed by atoms with Gasteiger partial charge in [-0.2, -0.15) is 0 Å². The molecule has 2 rings (SSSR count). The van der Waals surface area contributed by atoms with Gasteiger partial charge in [0.2, 0.25) is 0 Å². The Kier molecular flexibility index (Phi) is 6.01. The van der Waals surface area contributed by atoms with Crippen molar-refractivity contribution in [2.75, 3.05) is 26.8 Å². The maximum Gasteiger partial charge on any atom is 0.162 e. The highest BCUT2D eigenvalue weighted by atomic mass is 79.9. The molecule has 20 heavy (non-hydrogen) atoms. The van der Waals surface area contributed by atoms with Crippen LogP contribution in [0.2, 0.25) is 0 Å². The maximum atomic E-state index is 11.9. The Morgan fingerprint density at radius 3 is 2.80 bits per heavy atom. The molecule has 0 aliphatic carbocycles. The first kappa shape index (κ1) is 15.5. The third kappa shape index (κ3) is 4.58. The van der Waals surface area contributed by atoms with Crippen molar-refractivity contribution >= 4 is 21.7 Å². The minimum atomic E-state index is 0.112. The van der Waals surface area contributed by atoms with Crippen molar-refractivity contribution in [1.82, 2.24) is 5.32 Å². The first-order valence-corrected chi connectivity index (χ1v) is 7.65. The van der Waals surface area contributed by atoms with Crippen LogP contribution in [0.5, 0.6) is 5.75 Å². The third-order valence-electron chi connectivity index (χ3n) is 3.38. The van der Waals surface area contributed by atoms with Gasteiger partial charge < -0.3 is 14.8 Å². The zero-order valence-corrected chi connectivity index (χ0v) is 13.2. The molecule has 4 nitrogen and oxygen atoms in total. The lowest BCUT2D eigenvalue weighted by Crippen LogP contribution is -2.33. The Morgan fingerprint density at radius 2 is 2.15 bits per heavy atom. The average Bonchev–Trinajstić information content (AvgIpc) is 2.46. The van der Waals surface area contributed by atoms with E-state index < -0.39 is 0 Å². The number of Topliss-reactive ketones (excluding diaryl/α,β-unsaturated/α-hetero) is 1. The monoisotopic (exact) mass is 341 g/mol. The van der Waals surface area contributed by atoms with E-state index in [0.29, 0.717) is 6.42 Å². The largest absolute Gasteiger partial charge is 0.496 e. The molecule has 0 aromatic heterocycles. The van der Waals surface area contributed by atoms with Crippen molar-refractivity contribution in [3.63, 3.8) is 0 Å². The number of carbonyl (C=O) groups is 1. The molecule has 5 heteroatoms. The lowest BCUT2D eigenvalue weighted by atomic mass is 10.1. The summed E-state index contributed by atoms with van der Waals surface area (Å²) in [5.74, 6) is 0.882. The van der Waals surface area contributed by atoms with E-state index in [4.69, 9.17) is 9.47 Å². The normalized spacial score (nSPS) is 16.1. The number of nitrogens with one attached hydrogen (secondary N) is 1. The van der Waals surface area contributed by atoms with Crippen molar-refractivity contribution in [2.45, 2.75) is 25.4 Å². The summed E-state index contributed by atoms with van der Waals surface area (Å²) in [6, 6.07) is 5.69. The molecule has 1 N–H and O–H groups in total. The SMILES string of the molecule is COc1ccc(CC(=O)COC2CCNCC2)cc1Br. The van der Waals surface area contributed by atoms with Crippen LogP contribution in [0.4, 0.5) is 0 Å². The summed E-state index contributed by atoms with van der Waals surface area (Å²) in [4.78, 5) is 11.9. The van der Waals surface area contributed by atoms with Gasteiger partial charge in [0.25, 0.3) is 0 Å². The van der Waals surface area contributed by atoms with Crippen molar-refractivity contribution in [1.29, 1.82) is 0 Å². The summed E-state index contributed by atoms with van der Waals surface area (Å²) in [7, 11) is 1.62. The summed E-state index contributed by atoms with van der Waals surface area (Å²) >= 11 is 3.42. The molecule has 1 heterocycles. The van der Waals surface area contributed by atoms with E-state index in [0.717, 1.165) is 41.7 Å². The predicted molar refractivity (Wildman–Crippen MR) is 81.2 cm³/mol. The summed E-state index contributed by atoms with van der Waals surface area (Å²) in [5.41, 5.74) is 0.969. The molecule has 1 aliphatic heterocycles. The van der Waals surface area contributed by atoms with E-state index in [1.165, 1.54) is 0 Å². The lowest BCUT2D eigenvalue weighted by molar-refractivity contribution is -0.125. The second kappa shape index (κ2) is 7.76. The Morgan fingerprint density at radius 1 is 1.40 bits per heavy atom. The highest BCUT2D eigenvalue weighted by molar-refractivity contribution is 9.10. The third-order valence-corrected chi connectivity index (χ3v) is 4.00. The summed E-state index contributed by atoms with van der Waals surface area (Å²) in [6.07, 6.45) is 2.60. The summed E-state index contributed by atoms with van der Waals surface area (Å²) < 4.78 is 11.7. The minimum Gasteiger partial charge on any atom is -0.496 e. The van der Waals surface area contributed by atoms with Gasteiger partial charge in [-0.1, -0.05) is 6.07 Å². The molecule has 1 aromatic carbocycles. The van der Waals surface area contributed by atoms with Gasteiger partial charge in [0.05, 0.1) is 17.7 Å². The molecule has 0 spiro atoms. The number of piperidine rings is 1. The van der Waals surface area contributed by atoms with E-state index in [2.05, 4.69) is 21.2 Å². The number of hydrogen-bond donors (Lipinski definition) is 1. The smallest absolute Gasteiger partial charge is 0.162 e. The number of hydrogen-bond acceptors (Lipinski definition) is 4.